The molecule has 1 aromatic heterocycles. The minimum atomic E-state index is -0.166. The molecule has 1 unspecified atom stereocenters. The number of aromatic nitrogens is 1. The van der Waals surface area contributed by atoms with Crippen LogP contribution in [0.1, 0.15) is 56.2 Å². The minimum absolute atomic E-state index is 0.0123. The summed E-state index contributed by atoms with van der Waals surface area (Å²) in [6.45, 7) is 1.61. The van der Waals surface area contributed by atoms with Gasteiger partial charge < -0.3 is 15.0 Å². The third-order valence-electron chi connectivity index (χ3n) is 7.77. The van der Waals surface area contributed by atoms with Gasteiger partial charge in [0.15, 0.2) is 0 Å². The molecular weight excluding hydrogens is 386 g/mol. The molecule has 1 aliphatic carbocycles. The zero-order valence-electron chi connectivity index (χ0n) is 18.5. The third kappa shape index (κ3) is 3.90. The van der Waals surface area contributed by atoms with E-state index in [1.54, 1.807) is 4.90 Å². The van der Waals surface area contributed by atoms with Crippen LogP contribution in [-0.2, 0) is 21.4 Å². The first-order chi connectivity index (χ1) is 15.1. The predicted molar refractivity (Wildman–Crippen MR) is 122 cm³/mol. The highest BCUT2D eigenvalue weighted by Gasteiger charge is 2.48. The minimum Gasteiger partial charge on any atom is -0.375 e. The van der Waals surface area contributed by atoms with Gasteiger partial charge in [-0.25, -0.2) is 0 Å². The summed E-state index contributed by atoms with van der Waals surface area (Å²) < 4.78 is 6.36. The summed E-state index contributed by atoms with van der Waals surface area (Å²) in [5.41, 5.74) is 3.48. The summed E-state index contributed by atoms with van der Waals surface area (Å²) in [5, 5.41) is 3.60. The molecule has 1 saturated heterocycles. The van der Waals surface area contributed by atoms with Crippen LogP contribution < -0.4 is 10.2 Å². The Hall–Kier alpha value is -2.24. The lowest BCUT2D eigenvalue weighted by molar-refractivity contribution is -0.121. The van der Waals surface area contributed by atoms with Crippen LogP contribution in [0, 0.1) is 0 Å². The number of nitrogens with zero attached hydrogens (tertiary/aromatic N) is 2. The van der Waals surface area contributed by atoms with Gasteiger partial charge >= 0.3 is 0 Å². The van der Waals surface area contributed by atoms with E-state index in [0.717, 1.165) is 57.4 Å². The van der Waals surface area contributed by atoms with Gasteiger partial charge in [0.05, 0.1) is 11.6 Å². The van der Waals surface area contributed by atoms with Crippen LogP contribution in [0.15, 0.2) is 48.7 Å². The zero-order valence-corrected chi connectivity index (χ0v) is 18.5. The fraction of sp³-hybridized carbons (Fsp3) is 0.538. The van der Waals surface area contributed by atoms with Gasteiger partial charge in [-0.05, 0) is 68.8 Å². The van der Waals surface area contributed by atoms with Crippen LogP contribution in [0.3, 0.4) is 0 Å². The lowest BCUT2D eigenvalue weighted by Gasteiger charge is -2.46. The number of hydrogen-bond donors (Lipinski definition) is 1. The summed E-state index contributed by atoms with van der Waals surface area (Å²) >= 11 is 0. The number of nitrogens with one attached hydrogen (secondary N) is 1. The first-order valence-electron chi connectivity index (χ1n) is 11.8. The Kier molecular flexibility index (Phi) is 5.57. The summed E-state index contributed by atoms with van der Waals surface area (Å²) in [7, 11) is 1.88. The van der Waals surface area contributed by atoms with E-state index >= 15 is 0 Å². The molecule has 2 aromatic rings. The van der Waals surface area contributed by atoms with Crippen molar-refractivity contribution in [1.82, 2.24) is 10.3 Å². The molecule has 3 aliphatic rings. The van der Waals surface area contributed by atoms with Crippen LogP contribution >= 0.6 is 0 Å². The van der Waals surface area contributed by atoms with Crippen LogP contribution in [-0.4, -0.2) is 42.7 Å². The number of likely N-dealkylation sites (N-methyl/N-ethyl adjacent to an activating group) is 1. The largest absolute Gasteiger partial charge is 0.375 e. The van der Waals surface area contributed by atoms with Crippen LogP contribution in [0.5, 0.6) is 0 Å². The Balaban J connectivity index is 1.32. The molecule has 0 bridgehead atoms. The Morgan fingerprint density at radius 1 is 1.13 bits per heavy atom. The van der Waals surface area contributed by atoms with E-state index < -0.39 is 0 Å². The number of para-hydroxylation sites is 1. The molecule has 1 amide bonds. The molecule has 2 aliphatic heterocycles. The number of ether oxygens (including phenoxy) is 1. The lowest BCUT2D eigenvalue weighted by Crippen LogP contribution is -2.52. The van der Waals surface area contributed by atoms with Gasteiger partial charge in [-0.2, -0.15) is 0 Å². The van der Waals surface area contributed by atoms with Gasteiger partial charge in [-0.15, -0.1) is 0 Å². The summed E-state index contributed by atoms with van der Waals surface area (Å²) in [4.78, 5) is 19.5. The molecule has 5 nitrogen and oxygen atoms in total. The van der Waals surface area contributed by atoms with E-state index in [0.29, 0.717) is 0 Å². The predicted octanol–water partition coefficient (Wildman–Crippen LogP) is 4.01. The molecule has 2 fully saturated rings. The van der Waals surface area contributed by atoms with Crippen molar-refractivity contribution >= 4 is 11.6 Å². The molecule has 1 spiro atoms. The van der Waals surface area contributed by atoms with Crippen molar-refractivity contribution in [2.75, 3.05) is 25.1 Å². The van der Waals surface area contributed by atoms with E-state index in [1.165, 1.54) is 24.1 Å². The topological polar surface area (TPSA) is 54.5 Å². The number of amides is 1. The first kappa shape index (κ1) is 20.7. The van der Waals surface area contributed by atoms with Crippen molar-refractivity contribution in [3.63, 3.8) is 0 Å². The second kappa shape index (κ2) is 8.36. The number of pyridine rings is 1. The Labute approximate surface area is 185 Å². The quantitative estimate of drug-likeness (QED) is 0.796. The number of anilines is 1. The number of rotatable bonds is 5. The molecule has 31 heavy (non-hydrogen) atoms. The molecular formula is C26H33N3O2. The SMILES string of the molecule is CN1C(=O)C(NCC[C@@]2(c3ccccn3)CCOC3(CCCC3)C2)Cc2ccccc21. The average Bonchev–Trinajstić information content (AvgIpc) is 3.25. The van der Waals surface area contributed by atoms with Crippen molar-refractivity contribution in [2.45, 2.75) is 68.4 Å². The van der Waals surface area contributed by atoms with Gasteiger partial charge in [0, 0.05) is 36.6 Å². The Morgan fingerprint density at radius 2 is 1.94 bits per heavy atom. The first-order valence-corrected chi connectivity index (χ1v) is 11.8. The maximum absolute atomic E-state index is 13.0. The molecule has 2 atom stereocenters. The van der Waals surface area contributed by atoms with E-state index in [9.17, 15) is 4.79 Å². The zero-order chi connectivity index (χ0) is 21.3. The van der Waals surface area contributed by atoms with Crippen molar-refractivity contribution in [3.8, 4) is 0 Å². The Bertz CT molecular complexity index is 925. The van der Waals surface area contributed by atoms with Crippen molar-refractivity contribution in [3.05, 3.63) is 59.9 Å². The number of carbonyl (C=O) groups excluding carboxylic acids is 1. The summed E-state index contributed by atoms with van der Waals surface area (Å²) in [6, 6.07) is 14.3. The molecule has 5 rings (SSSR count). The maximum atomic E-state index is 13.0. The van der Waals surface area contributed by atoms with Crippen LogP contribution in [0.4, 0.5) is 5.69 Å². The molecule has 3 heterocycles. The highest BCUT2D eigenvalue weighted by molar-refractivity contribution is 5.99. The fourth-order valence-electron chi connectivity index (χ4n) is 6.11. The van der Waals surface area contributed by atoms with Crippen molar-refractivity contribution < 1.29 is 9.53 Å². The highest BCUT2D eigenvalue weighted by atomic mass is 16.5. The summed E-state index contributed by atoms with van der Waals surface area (Å²) in [5.74, 6) is 0.157. The van der Waals surface area contributed by atoms with Gasteiger partial charge in [0.2, 0.25) is 5.91 Å². The van der Waals surface area contributed by atoms with E-state index in [1.807, 2.05) is 31.4 Å². The number of carbonyl (C=O) groups is 1. The maximum Gasteiger partial charge on any atom is 0.244 e. The molecule has 164 valence electrons. The molecule has 0 radical (unpaired) electrons. The molecule has 1 aromatic carbocycles. The second-order valence-corrected chi connectivity index (χ2v) is 9.65. The third-order valence-corrected chi connectivity index (χ3v) is 7.77. The van der Waals surface area contributed by atoms with Gasteiger partial charge in [-0.3, -0.25) is 9.78 Å². The van der Waals surface area contributed by atoms with Crippen LogP contribution in [0.2, 0.25) is 0 Å². The van der Waals surface area contributed by atoms with Gasteiger partial charge in [0.25, 0.3) is 0 Å². The number of benzene rings is 1. The lowest BCUT2D eigenvalue weighted by atomic mass is 9.68. The normalized spacial score (nSPS) is 27.5. The highest BCUT2D eigenvalue weighted by Crippen LogP contribution is 2.49. The smallest absolute Gasteiger partial charge is 0.244 e. The molecule has 1 saturated carbocycles. The monoisotopic (exact) mass is 419 g/mol. The van der Waals surface area contributed by atoms with E-state index in [4.69, 9.17) is 9.72 Å². The fourth-order valence-corrected chi connectivity index (χ4v) is 6.11. The van der Waals surface area contributed by atoms with Gasteiger partial charge in [0.1, 0.15) is 0 Å². The average molecular weight is 420 g/mol. The van der Waals surface area contributed by atoms with Crippen LogP contribution in [0.25, 0.3) is 0 Å². The number of hydrogen-bond acceptors (Lipinski definition) is 4. The second-order valence-electron chi connectivity index (χ2n) is 9.65. The van der Waals surface area contributed by atoms with E-state index in [-0.39, 0.29) is 23.0 Å². The van der Waals surface area contributed by atoms with Gasteiger partial charge in [-0.1, -0.05) is 37.1 Å². The Morgan fingerprint density at radius 3 is 2.74 bits per heavy atom. The standard InChI is InChI=1S/C26H33N3O2/c1-29-22-9-3-2-8-20(22)18-21(24(29)30)27-16-13-25(23-10-4-7-15-28-23)14-17-31-26(19-25)11-5-6-12-26/h2-4,7-10,15,21,27H,5-6,11-14,16-19H2,1H3/t21?,25-/m1/s1. The van der Waals surface area contributed by atoms with Crippen molar-refractivity contribution in [2.24, 2.45) is 0 Å². The number of fused-ring (bicyclic) bond motifs is 1. The molecule has 1 N–H and O–H groups in total. The van der Waals surface area contributed by atoms with Crippen molar-refractivity contribution in [1.29, 1.82) is 0 Å². The molecule has 5 heteroatoms. The summed E-state index contributed by atoms with van der Waals surface area (Å²) in [6.07, 6.45) is 10.5. The van der Waals surface area contributed by atoms with E-state index in [2.05, 4.69) is 29.6 Å².